The monoisotopic (exact) mass is 483 g/mol. The molecule has 0 spiro atoms. The second kappa shape index (κ2) is 10.0. The van der Waals surface area contributed by atoms with Crippen LogP contribution >= 0.6 is 11.8 Å². The van der Waals surface area contributed by atoms with Gasteiger partial charge in [-0.2, -0.15) is 0 Å². The summed E-state index contributed by atoms with van der Waals surface area (Å²) in [4.78, 5) is 15.3. The zero-order valence-corrected chi connectivity index (χ0v) is 19.7. The van der Waals surface area contributed by atoms with Gasteiger partial charge in [-0.3, -0.25) is 14.3 Å². The number of piperidine rings is 1. The van der Waals surface area contributed by atoms with Gasteiger partial charge in [-0.25, -0.2) is 4.39 Å². The minimum atomic E-state index is -0.448. The molecule has 5 rings (SSSR count). The third-order valence-corrected chi connectivity index (χ3v) is 6.93. The summed E-state index contributed by atoms with van der Waals surface area (Å²) in [5.74, 6) is 1.57. The summed E-state index contributed by atoms with van der Waals surface area (Å²) in [5.41, 5.74) is 1.40. The molecule has 0 bridgehead atoms. The number of thioether (sulfide) groups is 1. The number of ether oxygens (including phenoxy) is 2. The predicted molar refractivity (Wildman–Crippen MR) is 127 cm³/mol. The Morgan fingerprint density at radius 1 is 1.09 bits per heavy atom. The van der Waals surface area contributed by atoms with Crippen molar-refractivity contribution in [2.45, 2.75) is 43.1 Å². The number of carbonyl (C=O) groups is 1. The minimum absolute atomic E-state index is 0.171. The van der Waals surface area contributed by atoms with E-state index in [1.54, 1.807) is 30.3 Å². The molecule has 1 atom stereocenters. The first-order chi connectivity index (χ1) is 16.6. The molecule has 3 heterocycles. The van der Waals surface area contributed by atoms with Crippen LogP contribution in [0, 0.1) is 5.82 Å². The van der Waals surface area contributed by atoms with Crippen LogP contribution in [0.5, 0.6) is 11.5 Å². The summed E-state index contributed by atoms with van der Waals surface area (Å²) in [5, 5.41) is 11.9. The lowest BCUT2D eigenvalue weighted by Gasteiger charge is -2.26. The Morgan fingerprint density at radius 2 is 1.85 bits per heavy atom. The maximum absolute atomic E-state index is 13.6. The quantitative estimate of drug-likeness (QED) is 0.504. The normalized spacial score (nSPS) is 16.4. The first-order valence-electron chi connectivity index (χ1n) is 11.4. The summed E-state index contributed by atoms with van der Waals surface area (Å²) in [6.07, 6.45) is 3.59. The molecule has 10 heteroatoms. The van der Waals surface area contributed by atoms with E-state index in [9.17, 15) is 9.18 Å². The highest BCUT2D eigenvalue weighted by atomic mass is 32.2. The van der Waals surface area contributed by atoms with Gasteiger partial charge in [-0.1, -0.05) is 18.2 Å². The number of nitrogens with one attached hydrogen (secondary N) is 1. The number of halogens is 1. The molecule has 1 N–H and O–H groups in total. The molecule has 178 valence electrons. The summed E-state index contributed by atoms with van der Waals surface area (Å²) in [7, 11) is 0. The molecule has 1 saturated heterocycles. The van der Waals surface area contributed by atoms with Gasteiger partial charge in [0, 0.05) is 17.4 Å². The third kappa shape index (κ3) is 5.02. The fraction of sp³-hybridized carbons (Fsp3) is 0.375. The van der Waals surface area contributed by atoms with Crippen LogP contribution in [0.15, 0.2) is 47.6 Å². The van der Waals surface area contributed by atoms with Crippen molar-refractivity contribution in [1.82, 2.24) is 19.7 Å². The Bertz CT molecular complexity index is 1160. The van der Waals surface area contributed by atoms with E-state index in [-0.39, 0.29) is 18.5 Å². The zero-order valence-electron chi connectivity index (χ0n) is 18.9. The molecule has 2 aliphatic heterocycles. The molecule has 1 fully saturated rings. The van der Waals surface area contributed by atoms with Crippen molar-refractivity contribution in [3.63, 3.8) is 0 Å². The fourth-order valence-electron chi connectivity index (χ4n) is 4.08. The summed E-state index contributed by atoms with van der Waals surface area (Å²) < 4.78 is 26.2. The fourth-order valence-corrected chi connectivity index (χ4v) is 4.96. The number of fused-ring (bicyclic) bond motifs is 1. The lowest BCUT2D eigenvalue weighted by Crippen LogP contribution is -2.30. The Kier molecular flexibility index (Phi) is 6.68. The Balaban J connectivity index is 1.34. The molecule has 0 radical (unpaired) electrons. The Morgan fingerprint density at radius 3 is 2.65 bits per heavy atom. The van der Waals surface area contributed by atoms with Gasteiger partial charge in [0.25, 0.3) is 0 Å². The molecule has 0 unspecified atom stereocenters. The second-order valence-corrected chi connectivity index (χ2v) is 9.67. The molecule has 1 aromatic heterocycles. The second-order valence-electron chi connectivity index (χ2n) is 8.36. The minimum Gasteiger partial charge on any atom is -0.454 e. The smallest absolute Gasteiger partial charge is 0.237 e. The van der Waals surface area contributed by atoms with E-state index in [0.717, 1.165) is 24.6 Å². The standard InChI is InChI=1S/C24H26FN5O3S/c1-16(23(31)26-18-7-10-20-21(13-18)33-15-32-20)34-24-28-27-22(14-29-11-3-2-4-12-29)30(24)19-8-5-17(25)6-9-19/h5-10,13,16H,2-4,11-12,14-15H2,1H3,(H,26,31)/t16-/m1/s1. The first kappa shape index (κ1) is 22.7. The van der Waals surface area contributed by atoms with Crippen molar-refractivity contribution >= 4 is 23.4 Å². The molecule has 1 amide bonds. The number of amides is 1. The van der Waals surface area contributed by atoms with Gasteiger partial charge in [-0.15, -0.1) is 10.2 Å². The number of rotatable bonds is 7. The molecule has 0 aliphatic carbocycles. The van der Waals surface area contributed by atoms with Gasteiger partial charge in [0.15, 0.2) is 22.5 Å². The van der Waals surface area contributed by atoms with Crippen LogP contribution in [0.25, 0.3) is 5.69 Å². The van der Waals surface area contributed by atoms with Gasteiger partial charge >= 0.3 is 0 Å². The molecule has 2 aromatic carbocycles. The van der Waals surface area contributed by atoms with Gasteiger partial charge in [0.1, 0.15) is 5.82 Å². The molecule has 2 aliphatic rings. The van der Waals surface area contributed by atoms with Crippen molar-refractivity contribution in [3.8, 4) is 17.2 Å². The summed E-state index contributed by atoms with van der Waals surface area (Å²) in [6, 6.07) is 11.6. The molecular weight excluding hydrogens is 457 g/mol. The average Bonchev–Trinajstić information content (AvgIpc) is 3.47. The van der Waals surface area contributed by atoms with Crippen LogP contribution in [0.1, 0.15) is 32.0 Å². The molecular formula is C24H26FN5O3S. The van der Waals surface area contributed by atoms with Crippen molar-refractivity contribution in [2.24, 2.45) is 0 Å². The van der Waals surface area contributed by atoms with Crippen LogP contribution in [0.3, 0.4) is 0 Å². The highest BCUT2D eigenvalue weighted by Gasteiger charge is 2.23. The maximum atomic E-state index is 13.6. The van der Waals surface area contributed by atoms with Gasteiger partial charge in [0.2, 0.25) is 12.7 Å². The number of aromatic nitrogens is 3. The van der Waals surface area contributed by atoms with Crippen LogP contribution in [-0.2, 0) is 11.3 Å². The number of anilines is 1. The van der Waals surface area contributed by atoms with Crippen LogP contribution in [0.2, 0.25) is 0 Å². The number of likely N-dealkylation sites (tertiary alicyclic amines) is 1. The van der Waals surface area contributed by atoms with Crippen molar-refractivity contribution in [2.75, 3.05) is 25.2 Å². The number of hydrogen-bond acceptors (Lipinski definition) is 7. The largest absolute Gasteiger partial charge is 0.454 e. The molecule has 0 saturated carbocycles. The predicted octanol–water partition coefficient (Wildman–Crippen LogP) is 4.24. The number of hydrogen-bond donors (Lipinski definition) is 1. The van der Waals surface area contributed by atoms with E-state index in [2.05, 4.69) is 20.4 Å². The number of benzene rings is 2. The maximum Gasteiger partial charge on any atom is 0.237 e. The summed E-state index contributed by atoms with van der Waals surface area (Å²) in [6.45, 7) is 4.70. The van der Waals surface area contributed by atoms with Crippen LogP contribution < -0.4 is 14.8 Å². The highest BCUT2D eigenvalue weighted by Crippen LogP contribution is 2.34. The third-order valence-electron chi connectivity index (χ3n) is 5.89. The van der Waals surface area contributed by atoms with E-state index >= 15 is 0 Å². The van der Waals surface area contributed by atoms with Gasteiger partial charge < -0.3 is 14.8 Å². The Hall–Kier alpha value is -3.11. The van der Waals surface area contributed by atoms with Crippen LogP contribution in [0.4, 0.5) is 10.1 Å². The Labute approximate surface area is 201 Å². The van der Waals surface area contributed by atoms with Crippen LogP contribution in [-0.4, -0.2) is 50.7 Å². The average molecular weight is 484 g/mol. The van der Waals surface area contributed by atoms with Gasteiger partial charge in [0.05, 0.1) is 11.8 Å². The number of carbonyl (C=O) groups excluding carboxylic acids is 1. The lowest BCUT2D eigenvalue weighted by molar-refractivity contribution is -0.115. The van der Waals surface area contributed by atoms with Gasteiger partial charge in [-0.05, 0) is 69.3 Å². The SMILES string of the molecule is C[C@@H](Sc1nnc(CN2CCCCC2)n1-c1ccc(F)cc1)C(=O)Nc1ccc2c(c1)OCO2. The highest BCUT2D eigenvalue weighted by molar-refractivity contribution is 8.00. The van der Waals surface area contributed by atoms with Crippen molar-refractivity contribution in [3.05, 3.63) is 54.1 Å². The van der Waals surface area contributed by atoms with E-state index in [1.807, 2.05) is 11.5 Å². The van der Waals surface area contributed by atoms with E-state index in [4.69, 9.17) is 9.47 Å². The molecule has 8 nitrogen and oxygen atoms in total. The molecule has 3 aromatic rings. The summed E-state index contributed by atoms with van der Waals surface area (Å²) >= 11 is 1.31. The first-order valence-corrected chi connectivity index (χ1v) is 12.2. The lowest BCUT2D eigenvalue weighted by atomic mass is 10.1. The topological polar surface area (TPSA) is 81.5 Å². The number of nitrogens with zero attached hydrogens (tertiary/aromatic N) is 4. The zero-order chi connectivity index (χ0) is 23.5. The van der Waals surface area contributed by atoms with E-state index in [0.29, 0.717) is 28.9 Å². The molecule has 34 heavy (non-hydrogen) atoms. The van der Waals surface area contributed by atoms with Crippen molar-refractivity contribution in [1.29, 1.82) is 0 Å². The van der Waals surface area contributed by atoms with Crippen molar-refractivity contribution < 1.29 is 18.7 Å². The van der Waals surface area contributed by atoms with E-state index in [1.165, 1.54) is 43.2 Å². The van der Waals surface area contributed by atoms with E-state index < -0.39 is 5.25 Å².